The Kier molecular flexibility index (Phi) is 6.18. The van der Waals surface area contributed by atoms with Crippen LogP contribution in [0.15, 0.2) is 54.2 Å². The second-order valence-corrected chi connectivity index (χ2v) is 5.87. The van der Waals surface area contributed by atoms with Crippen molar-refractivity contribution in [3.05, 3.63) is 69.8 Å². The maximum Gasteiger partial charge on any atom is 0.267 e. The van der Waals surface area contributed by atoms with Crippen molar-refractivity contribution in [3.8, 4) is 6.07 Å². The van der Waals surface area contributed by atoms with Crippen LogP contribution in [-0.2, 0) is 4.79 Å². The van der Waals surface area contributed by atoms with E-state index in [1.807, 2.05) is 6.07 Å². The number of ketones is 1. The van der Waals surface area contributed by atoms with Crippen LogP contribution in [0.5, 0.6) is 0 Å². The largest absolute Gasteiger partial charge is 0.359 e. The van der Waals surface area contributed by atoms with Crippen LogP contribution in [0.1, 0.15) is 17.3 Å². The molecule has 2 N–H and O–H groups in total. The van der Waals surface area contributed by atoms with E-state index < -0.39 is 5.91 Å². The maximum absolute atomic E-state index is 12.2. The molecule has 0 spiro atoms. The molecule has 0 aromatic heterocycles. The van der Waals surface area contributed by atoms with Gasteiger partial charge in [-0.25, -0.2) is 0 Å². The third kappa shape index (κ3) is 5.08. The van der Waals surface area contributed by atoms with Crippen molar-refractivity contribution in [1.82, 2.24) is 0 Å². The summed E-state index contributed by atoms with van der Waals surface area (Å²) in [6.45, 7) is 1.46. The third-order valence-corrected chi connectivity index (χ3v) is 3.78. The molecule has 2 rings (SSSR count). The van der Waals surface area contributed by atoms with Gasteiger partial charge in [-0.2, -0.15) is 5.26 Å². The van der Waals surface area contributed by atoms with Gasteiger partial charge in [-0.3, -0.25) is 9.59 Å². The summed E-state index contributed by atoms with van der Waals surface area (Å²) < 4.78 is 0. The Hall–Kier alpha value is -2.81. The second-order valence-electron chi connectivity index (χ2n) is 5.03. The van der Waals surface area contributed by atoms with Gasteiger partial charge in [0.25, 0.3) is 5.91 Å². The van der Waals surface area contributed by atoms with Gasteiger partial charge in [0.2, 0.25) is 0 Å². The van der Waals surface area contributed by atoms with Crippen LogP contribution in [0.25, 0.3) is 0 Å². The number of nitrogens with one attached hydrogen (secondary N) is 2. The molecule has 0 saturated carbocycles. The molecule has 0 aliphatic rings. The van der Waals surface area contributed by atoms with Crippen molar-refractivity contribution in [3.63, 3.8) is 0 Å². The maximum atomic E-state index is 12.2. The summed E-state index contributed by atoms with van der Waals surface area (Å²) in [4.78, 5) is 23.4. The standard InChI is InChI=1S/C18H13Cl2N3O2/c1-11(24)12-2-5-15(6-3-12)23-18(25)13(9-21)10-22-17-8-14(19)4-7-16(17)20/h2-8,10,22H,1H3,(H,23,25)/b13-10-. The molecule has 126 valence electrons. The molecule has 7 heteroatoms. The monoisotopic (exact) mass is 373 g/mol. The number of carbonyl (C=O) groups is 2. The molecule has 2 aromatic rings. The fraction of sp³-hybridized carbons (Fsp3) is 0.0556. The van der Waals surface area contributed by atoms with Gasteiger partial charge in [-0.15, -0.1) is 0 Å². The first-order valence-electron chi connectivity index (χ1n) is 7.15. The van der Waals surface area contributed by atoms with Gasteiger partial charge in [-0.05, 0) is 49.4 Å². The number of Topliss-reactive ketones (excluding diaryl/α,β-unsaturated/α-hetero) is 1. The molecule has 0 aliphatic heterocycles. The molecule has 0 aliphatic carbocycles. The summed E-state index contributed by atoms with van der Waals surface area (Å²) >= 11 is 11.9. The summed E-state index contributed by atoms with van der Waals surface area (Å²) in [6, 6.07) is 13.0. The number of hydrogen-bond acceptors (Lipinski definition) is 4. The molecule has 0 saturated heterocycles. The number of nitriles is 1. The van der Waals surface area contributed by atoms with Crippen LogP contribution in [0, 0.1) is 11.3 Å². The molecular weight excluding hydrogens is 361 g/mol. The van der Waals surface area contributed by atoms with Crippen LogP contribution >= 0.6 is 23.2 Å². The Morgan fingerprint density at radius 2 is 1.80 bits per heavy atom. The van der Waals surface area contributed by atoms with Gasteiger partial charge in [0.1, 0.15) is 11.6 Å². The minimum absolute atomic E-state index is 0.0712. The van der Waals surface area contributed by atoms with Crippen molar-refractivity contribution in [2.75, 3.05) is 10.6 Å². The highest BCUT2D eigenvalue weighted by atomic mass is 35.5. The molecule has 2 aromatic carbocycles. The van der Waals surface area contributed by atoms with E-state index in [9.17, 15) is 14.9 Å². The zero-order chi connectivity index (χ0) is 18.4. The van der Waals surface area contributed by atoms with E-state index in [1.165, 1.54) is 13.1 Å². The minimum atomic E-state index is -0.594. The number of halogens is 2. The third-order valence-electron chi connectivity index (χ3n) is 3.21. The van der Waals surface area contributed by atoms with Gasteiger partial charge in [0.05, 0.1) is 10.7 Å². The van der Waals surface area contributed by atoms with Crippen molar-refractivity contribution in [2.24, 2.45) is 0 Å². The van der Waals surface area contributed by atoms with Gasteiger partial charge < -0.3 is 10.6 Å². The topological polar surface area (TPSA) is 82.0 Å². The molecule has 0 atom stereocenters. The van der Waals surface area contributed by atoms with E-state index in [1.54, 1.807) is 42.5 Å². The number of carbonyl (C=O) groups excluding carboxylic acids is 2. The summed E-state index contributed by atoms with van der Waals surface area (Å²) in [5, 5.41) is 15.4. The van der Waals surface area contributed by atoms with Gasteiger partial charge in [0, 0.05) is 22.5 Å². The molecule has 0 bridgehead atoms. The fourth-order valence-corrected chi connectivity index (χ4v) is 2.24. The highest BCUT2D eigenvalue weighted by Crippen LogP contribution is 2.25. The number of amides is 1. The lowest BCUT2D eigenvalue weighted by Crippen LogP contribution is -2.14. The highest BCUT2D eigenvalue weighted by molar-refractivity contribution is 6.35. The lowest BCUT2D eigenvalue weighted by Gasteiger charge is -2.07. The summed E-state index contributed by atoms with van der Waals surface area (Å²) in [5.41, 5.74) is 1.33. The first kappa shape index (κ1) is 18.5. The molecule has 1 amide bonds. The van der Waals surface area contributed by atoms with E-state index in [0.717, 1.165) is 0 Å². The zero-order valence-corrected chi connectivity index (χ0v) is 14.7. The van der Waals surface area contributed by atoms with Gasteiger partial charge >= 0.3 is 0 Å². The van der Waals surface area contributed by atoms with Crippen LogP contribution in [0.2, 0.25) is 10.0 Å². The Labute approximate surface area is 154 Å². The first-order valence-corrected chi connectivity index (χ1v) is 7.90. The normalized spacial score (nSPS) is 10.7. The number of hydrogen-bond donors (Lipinski definition) is 2. The number of anilines is 2. The number of rotatable bonds is 5. The van der Waals surface area contributed by atoms with E-state index >= 15 is 0 Å². The van der Waals surface area contributed by atoms with Crippen LogP contribution in [-0.4, -0.2) is 11.7 Å². The van der Waals surface area contributed by atoms with Gasteiger partial charge in [0.15, 0.2) is 5.78 Å². The van der Waals surface area contributed by atoms with E-state index in [4.69, 9.17) is 23.2 Å². The summed E-state index contributed by atoms with van der Waals surface area (Å²) in [7, 11) is 0. The van der Waals surface area contributed by atoms with Crippen LogP contribution in [0.3, 0.4) is 0 Å². The molecule has 0 heterocycles. The van der Waals surface area contributed by atoms with Crippen molar-refractivity contribution < 1.29 is 9.59 Å². The Morgan fingerprint density at radius 3 is 2.40 bits per heavy atom. The SMILES string of the molecule is CC(=O)c1ccc(NC(=O)/C(C#N)=C\Nc2cc(Cl)ccc2Cl)cc1. The molecular formula is C18H13Cl2N3O2. The van der Waals surface area contributed by atoms with Crippen molar-refractivity contribution in [1.29, 1.82) is 5.26 Å². The summed E-state index contributed by atoms with van der Waals surface area (Å²) in [5.74, 6) is -0.665. The number of nitrogens with zero attached hydrogens (tertiary/aromatic N) is 1. The minimum Gasteiger partial charge on any atom is -0.359 e. The van der Waals surface area contributed by atoms with Crippen molar-refractivity contribution >= 4 is 46.3 Å². The first-order chi connectivity index (χ1) is 11.9. The molecule has 25 heavy (non-hydrogen) atoms. The highest BCUT2D eigenvalue weighted by Gasteiger charge is 2.10. The quantitative estimate of drug-likeness (QED) is 0.453. The predicted octanol–water partition coefficient (Wildman–Crippen LogP) is 4.65. The lowest BCUT2D eigenvalue weighted by molar-refractivity contribution is -0.112. The Morgan fingerprint density at radius 1 is 1.12 bits per heavy atom. The smallest absolute Gasteiger partial charge is 0.267 e. The van der Waals surface area contributed by atoms with Crippen LogP contribution < -0.4 is 10.6 Å². The number of benzene rings is 2. The molecule has 0 unspecified atom stereocenters. The van der Waals surface area contributed by atoms with E-state index in [0.29, 0.717) is 27.0 Å². The molecule has 5 nitrogen and oxygen atoms in total. The fourth-order valence-electron chi connectivity index (χ4n) is 1.89. The Bertz CT molecular complexity index is 884. The second kappa shape index (κ2) is 8.34. The average molecular weight is 374 g/mol. The Balaban J connectivity index is 2.11. The van der Waals surface area contributed by atoms with Crippen molar-refractivity contribution in [2.45, 2.75) is 6.92 Å². The van der Waals surface area contributed by atoms with Gasteiger partial charge in [-0.1, -0.05) is 23.2 Å². The molecule has 0 fully saturated rings. The lowest BCUT2D eigenvalue weighted by atomic mass is 10.1. The van der Waals surface area contributed by atoms with Crippen LogP contribution in [0.4, 0.5) is 11.4 Å². The molecule has 0 radical (unpaired) electrons. The van der Waals surface area contributed by atoms with E-state index in [2.05, 4.69) is 10.6 Å². The average Bonchev–Trinajstić information content (AvgIpc) is 2.58. The summed E-state index contributed by atoms with van der Waals surface area (Å²) in [6.07, 6.45) is 1.25. The zero-order valence-electron chi connectivity index (χ0n) is 13.1. The predicted molar refractivity (Wildman–Crippen MR) is 98.9 cm³/mol. The van der Waals surface area contributed by atoms with E-state index in [-0.39, 0.29) is 11.4 Å².